The van der Waals surface area contributed by atoms with Crippen LogP contribution in [-0.2, 0) is 13.0 Å². The molecule has 28 heavy (non-hydrogen) atoms. The third kappa shape index (κ3) is 8.22. The lowest BCUT2D eigenvalue weighted by Crippen LogP contribution is -2.38. The molecule has 0 aliphatic rings. The number of nitrogens with zero attached hydrogens (tertiary/aromatic N) is 2. The van der Waals surface area contributed by atoms with Gasteiger partial charge in [0.1, 0.15) is 0 Å². The Labute approximate surface area is 189 Å². The summed E-state index contributed by atoms with van der Waals surface area (Å²) in [4.78, 5) is 16.5. The molecule has 0 saturated carbocycles. The van der Waals surface area contributed by atoms with Crippen molar-refractivity contribution >= 4 is 41.5 Å². The van der Waals surface area contributed by atoms with E-state index in [1.54, 1.807) is 12.1 Å². The lowest BCUT2D eigenvalue weighted by Gasteiger charge is -2.12. The van der Waals surface area contributed by atoms with Gasteiger partial charge in [-0.1, -0.05) is 35.9 Å². The van der Waals surface area contributed by atoms with Gasteiger partial charge in [0.2, 0.25) is 0 Å². The number of hydrogen-bond donors (Lipinski definition) is 2. The van der Waals surface area contributed by atoms with Crippen molar-refractivity contribution in [1.29, 1.82) is 0 Å². The molecule has 0 fully saturated rings. The summed E-state index contributed by atoms with van der Waals surface area (Å²) in [5.41, 5.74) is 2.19. The summed E-state index contributed by atoms with van der Waals surface area (Å²) < 4.78 is 1.82. The fourth-order valence-corrected chi connectivity index (χ4v) is 3.07. The van der Waals surface area contributed by atoms with Crippen LogP contribution >= 0.6 is 35.6 Å². The van der Waals surface area contributed by atoms with Crippen LogP contribution in [0.15, 0.2) is 52.3 Å². The highest BCUT2D eigenvalue weighted by Crippen LogP contribution is 2.14. The smallest absolute Gasteiger partial charge is 0.250 e. The van der Waals surface area contributed by atoms with E-state index in [9.17, 15) is 4.79 Å². The van der Waals surface area contributed by atoms with Crippen molar-refractivity contribution < 1.29 is 0 Å². The van der Waals surface area contributed by atoms with E-state index >= 15 is 0 Å². The Morgan fingerprint density at radius 1 is 1.11 bits per heavy atom. The van der Waals surface area contributed by atoms with E-state index < -0.39 is 0 Å². The van der Waals surface area contributed by atoms with Gasteiger partial charge >= 0.3 is 0 Å². The first kappa shape index (κ1) is 24.5. The van der Waals surface area contributed by atoms with E-state index in [-0.39, 0.29) is 29.5 Å². The first-order valence-electron chi connectivity index (χ1n) is 9.54. The highest BCUT2D eigenvalue weighted by Gasteiger charge is 2.02. The molecule has 0 atom stereocenters. The molecule has 0 saturated heterocycles. The standard InChI is InChI=1S/C21H29ClN4O.HI/c1-3-23-21(25-15-13-18-10-4-5-11-19(18)22)24-14-6-7-16-26-17(2)9-8-12-20(26)27;/h4-5,8-12H,3,6-7,13-16H2,1-2H3,(H2,23,24,25);1H. The van der Waals surface area contributed by atoms with E-state index in [1.807, 2.05) is 41.8 Å². The number of aryl methyl sites for hydroxylation is 1. The van der Waals surface area contributed by atoms with Gasteiger partial charge in [-0.15, -0.1) is 24.0 Å². The zero-order chi connectivity index (χ0) is 19.5. The molecule has 7 heteroatoms. The van der Waals surface area contributed by atoms with Crippen molar-refractivity contribution in [3.63, 3.8) is 0 Å². The topological polar surface area (TPSA) is 58.4 Å². The number of rotatable bonds is 9. The number of aromatic nitrogens is 1. The van der Waals surface area contributed by atoms with E-state index in [0.29, 0.717) is 0 Å². The van der Waals surface area contributed by atoms with Gasteiger partial charge in [-0.05, 0) is 50.8 Å². The molecule has 0 aliphatic carbocycles. The number of aliphatic imine (C=N–C) groups is 1. The van der Waals surface area contributed by atoms with Crippen molar-refractivity contribution in [3.8, 4) is 0 Å². The summed E-state index contributed by atoms with van der Waals surface area (Å²) in [6.45, 7) is 7.06. The minimum absolute atomic E-state index is 0. The van der Waals surface area contributed by atoms with Gasteiger partial charge in [0.15, 0.2) is 5.96 Å². The maximum Gasteiger partial charge on any atom is 0.250 e. The number of unbranched alkanes of at least 4 members (excludes halogenated alkanes) is 1. The van der Waals surface area contributed by atoms with E-state index in [4.69, 9.17) is 11.6 Å². The third-order valence-corrected chi connectivity index (χ3v) is 4.69. The second kappa shape index (κ2) is 13.6. The van der Waals surface area contributed by atoms with Crippen LogP contribution in [0.2, 0.25) is 5.02 Å². The molecule has 0 unspecified atom stereocenters. The number of pyridine rings is 1. The average molecular weight is 517 g/mol. The SMILES string of the molecule is CCNC(=NCCCCn1c(C)cccc1=O)NCCc1ccccc1Cl.I. The van der Waals surface area contributed by atoms with Crippen molar-refractivity contribution in [2.75, 3.05) is 19.6 Å². The highest BCUT2D eigenvalue weighted by molar-refractivity contribution is 14.0. The van der Waals surface area contributed by atoms with Crippen LogP contribution in [0.5, 0.6) is 0 Å². The number of hydrogen-bond acceptors (Lipinski definition) is 2. The molecule has 0 spiro atoms. The lowest BCUT2D eigenvalue weighted by atomic mass is 10.1. The summed E-state index contributed by atoms with van der Waals surface area (Å²) in [5.74, 6) is 0.817. The Morgan fingerprint density at radius 2 is 1.89 bits per heavy atom. The fraction of sp³-hybridized carbons (Fsp3) is 0.429. The molecular weight excluding hydrogens is 487 g/mol. The molecule has 1 aromatic carbocycles. The van der Waals surface area contributed by atoms with Crippen LogP contribution in [0.3, 0.4) is 0 Å². The zero-order valence-corrected chi connectivity index (χ0v) is 19.7. The number of guanidine groups is 1. The number of benzene rings is 1. The molecule has 1 aromatic heterocycles. The van der Waals surface area contributed by atoms with Gasteiger partial charge in [-0.2, -0.15) is 0 Å². The van der Waals surface area contributed by atoms with Gasteiger partial charge < -0.3 is 15.2 Å². The first-order chi connectivity index (χ1) is 13.1. The monoisotopic (exact) mass is 516 g/mol. The van der Waals surface area contributed by atoms with Crippen LogP contribution in [0.1, 0.15) is 31.0 Å². The van der Waals surface area contributed by atoms with Crippen LogP contribution in [0, 0.1) is 6.92 Å². The maximum absolute atomic E-state index is 11.9. The second-order valence-corrected chi connectivity index (χ2v) is 6.80. The quantitative estimate of drug-likeness (QED) is 0.229. The number of halogens is 2. The normalized spacial score (nSPS) is 11.0. The van der Waals surface area contributed by atoms with Gasteiger partial charge in [0, 0.05) is 43.0 Å². The predicted octanol–water partition coefficient (Wildman–Crippen LogP) is 4.01. The molecule has 0 aliphatic heterocycles. The zero-order valence-electron chi connectivity index (χ0n) is 16.6. The summed E-state index contributed by atoms with van der Waals surface area (Å²) in [6.07, 6.45) is 2.70. The van der Waals surface area contributed by atoms with Gasteiger partial charge in [-0.3, -0.25) is 9.79 Å². The average Bonchev–Trinajstić information content (AvgIpc) is 2.65. The minimum Gasteiger partial charge on any atom is -0.357 e. The third-order valence-electron chi connectivity index (χ3n) is 4.32. The largest absolute Gasteiger partial charge is 0.357 e. The Kier molecular flexibility index (Phi) is 11.9. The Hall–Kier alpha value is -1.54. The lowest BCUT2D eigenvalue weighted by molar-refractivity contribution is 0.585. The van der Waals surface area contributed by atoms with Gasteiger partial charge in [0.25, 0.3) is 5.56 Å². The summed E-state index contributed by atoms with van der Waals surface area (Å²) in [5, 5.41) is 7.41. The summed E-state index contributed by atoms with van der Waals surface area (Å²) in [7, 11) is 0. The van der Waals surface area contributed by atoms with Crippen LogP contribution < -0.4 is 16.2 Å². The van der Waals surface area contributed by atoms with E-state index in [2.05, 4.69) is 22.5 Å². The maximum atomic E-state index is 11.9. The second-order valence-electron chi connectivity index (χ2n) is 6.39. The molecule has 2 rings (SSSR count). The van der Waals surface area contributed by atoms with E-state index in [1.165, 1.54) is 0 Å². The molecule has 0 bridgehead atoms. The molecule has 0 radical (unpaired) electrons. The van der Waals surface area contributed by atoms with Crippen LogP contribution in [0.4, 0.5) is 0 Å². The van der Waals surface area contributed by atoms with Gasteiger partial charge in [0.05, 0.1) is 0 Å². The fourth-order valence-electron chi connectivity index (χ4n) is 2.84. The summed E-state index contributed by atoms with van der Waals surface area (Å²) in [6, 6.07) is 13.3. The highest BCUT2D eigenvalue weighted by atomic mass is 127. The Bertz CT molecular complexity index is 807. The van der Waals surface area contributed by atoms with Crippen molar-refractivity contribution in [1.82, 2.24) is 15.2 Å². The van der Waals surface area contributed by atoms with Crippen LogP contribution in [-0.4, -0.2) is 30.2 Å². The molecule has 1 heterocycles. The molecule has 2 N–H and O–H groups in total. The molecule has 2 aromatic rings. The minimum atomic E-state index is 0. The van der Waals surface area contributed by atoms with E-state index in [0.717, 1.165) is 67.7 Å². The summed E-state index contributed by atoms with van der Waals surface area (Å²) >= 11 is 6.19. The molecule has 5 nitrogen and oxygen atoms in total. The molecular formula is C21H30ClIN4O. The van der Waals surface area contributed by atoms with Crippen LogP contribution in [0.25, 0.3) is 0 Å². The van der Waals surface area contributed by atoms with Crippen molar-refractivity contribution in [3.05, 3.63) is 69.1 Å². The first-order valence-corrected chi connectivity index (χ1v) is 9.91. The molecule has 0 amide bonds. The predicted molar refractivity (Wildman–Crippen MR) is 129 cm³/mol. The van der Waals surface area contributed by atoms with Crippen molar-refractivity contribution in [2.45, 2.75) is 39.7 Å². The van der Waals surface area contributed by atoms with Gasteiger partial charge in [-0.25, -0.2) is 0 Å². The molecule has 154 valence electrons. The number of nitrogens with one attached hydrogen (secondary N) is 2. The Morgan fingerprint density at radius 3 is 2.61 bits per heavy atom. The van der Waals surface area contributed by atoms with Crippen molar-refractivity contribution in [2.24, 2.45) is 4.99 Å². The Balaban J connectivity index is 0.00000392.